The van der Waals surface area contributed by atoms with Crippen LogP contribution in [0, 0.1) is 6.92 Å². The molecule has 0 fully saturated rings. The number of rotatable bonds is 1. The van der Waals surface area contributed by atoms with Crippen molar-refractivity contribution < 1.29 is 9.90 Å². The number of hydrogen-bond donors (Lipinski definition) is 2. The molecule has 0 unspecified atom stereocenters. The van der Waals surface area contributed by atoms with Crippen molar-refractivity contribution >= 4 is 11.5 Å². The van der Waals surface area contributed by atoms with Crippen LogP contribution >= 0.6 is 0 Å². The second-order valence-electron chi connectivity index (χ2n) is 2.89. The largest absolute Gasteiger partial charge is 0.476 e. The van der Waals surface area contributed by atoms with Crippen LogP contribution in [0.1, 0.15) is 16.2 Å². The fourth-order valence-electron chi connectivity index (χ4n) is 1.27. The quantitative estimate of drug-likeness (QED) is 0.668. The second-order valence-corrected chi connectivity index (χ2v) is 2.89. The Morgan fingerprint density at radius 3 is 3.00 bits per heavy atom. The first-order valence-electron chi connectivity index (χ1n) is 3.91. The fourth-order valence-corrected chi connectivity index (χ4v) is 1.27. The molecule has 2 aromatic heterocycles. The molecule has 0 saturated heterocycles. The molecule has 2 N–H and O–H groups in total. The molecule has 0 aromatic carbocycles. The first-order chi connectivity index (χ1) is 6.59. The van der Waals surface area contributed by atoms with Crippen LogP contribution in [0.15, 0.2) is 17.1 Å². The minimum atomic E-state index is -1.13. The van der Waals surface area contributed by atoms with E-state index in [0.717, 1.165) is 10.7 Å². The highest BCUT2D eigenvalue weighted by molar-refractivity contribution is 5.86. The smallest absolute Gasteiger partial charge is 0.356 e. The number of carboxylic acid groups (broad SMARTS) is 1. The first kappa shape index (κ1) is 8.49. The zero-order chi connectivity index (χ0) is 10.3. The first-order valence-corrected chi connectivity index (χ1v) is 3.91. The van der Waals surface area contributed by atoms with E-state index in [1.807, 2.05) is 0 Å². The molecule has 72 valence electrons. The van der Waals surface area contributed by atoms with E-state index in [0.29, 0.717) is 5.69 Å². The van der Waals surface area contributed by atoms with Gasteiger partial charge in [0.05, 0.1) is 5.69 Å². The van der Waals surface area contributed by atoms with Gasteiger partial charge in [-0.15, -0.1) is 0 Å². The summed E-state index contributed by atoms with van der Waals surface area (Å²) < 4.78 is 1.12. The van der Waals surface area contributed by atoms with Crippen LogP contribution < -0.4 is 5.56 Å². The Balaban J connectivity index is 2.95. The summed E-state index contributed by atoms with van der Waals surface area (Å²) in [7, 11) is 0. The van der Waals surface area contributed by atoms with Gasteiger partial charge >= 0.3 is 5.97 Å². The predicted octanol–water partition coefficient (Wildman–Crippen LogP) is 0.0292. The van der Waals surface area contributed by atoms with Crippen LogP contribution in [-0.2, 0) is 0 Å². The molecular weight excluding hydrogens is 186 g/mol. The molecule has 0 amide bonds. The van der Waals surface area contributed by atoms with E-state index in [9.17, 15) is 9.59 Å². The molecule has 2 heterocycles. The van der Waals surface area contributed by atoms with Gasteiger partial charge in [0.15, 0.2) is 5.69 Å². The predicted molar refractivity (Wildman–Crippen MR) is 47.5 cm³/mol. The van der Waals surface area contributed by atoms with E-state index < -0.39 is 5.97 Å². The summed E-state index contributed by atoms with van der Waals surface area (Å²) in [4.78, 5) is 24.4. The van der Waals surface area contributed by atoms with E-state index >= 15 is 0 Å². The normalized spacial score (nSPS) is 10.6. The Labute approximate surface area is 77.8 Å². The van der Waals surface area contributed by atoms with Gasteiger partial charge in [0.1, 0.15) is 5.52 Å². The van der Waals surface area contributed by atoms with E-state index in [1.54, 1.807) is 6.92 Å². The molecule has 2 aromatic rings. The van der Waals surface area contributed by atoms with Crippen molar-refractivity contribution in [1.82, 2.24) is 14.6 Å². The number of carboxylic acids is 1. The maximum Gasteiger partial charge on any atom is 0.356 e. The van der Waals surface area contributed by atoms with Crippen molar-refractivity contribution in [3.05, 3.63) is 34.0 Å². The lowest BCUT2D eigenvalue weighted by Gasteiger charge is -1.97. The Hall–Kier alpha value is -2.11. The number of H-pyrrole nitrogens is 1. The summed E-state index contributed by atoms with van der Waals surface area (Å²) in [5.41, 5.74) is 0.426. The van der Waals surface area contributed by atoms with Crippen molar-refractivity contribution in [2.24, 2.45) is 0 Å². The third kappa shape index (κ3) is 1.08. The summed E-state index contributed by atoms with van der Waals surface area (Å²) >= 11 is 0. The van der Waals surface area contributed by atoms with Crippen molar-refractivity contribution in [3.63, 3.8) is 0 Å². The fraction of sp³-hybridized carbons (Fsp3) is 0.125. The average molecular weight is 193 g/mol. The maximum absolute atomic E-state index is 11.3. The number of hydrogen-bond acceptors (Lipinski definition) is 3. The maximum atomic E-state index is 11.3. The Kier molecular flexibility index (Phi) is 1.63. The number of carbonyl (C=O) groups is 1. The molecule has 14 heavy (non-hydrogen) atoms. The van der Waals surface area contributed by atoms with Crippen molar-refractivity contribution in [3.8, 4) is 0 Å². The van der Waals surface area contributed by atoms with Gasteiger partial charge in [0.2, 0.25) is 0 Å². The lowest BCUT2D eigenvalue weighted by molar-refractivity contribution is 0.0687. The summed E-state index contributed by atoms with van der Waals surface area (Å²) in [6.07, 6.45) is 1.13. The second kappa shape index (κ2) is 2.69. The van der Waals surface area contributed by atoms with Gasteiger partial charge in [-0.2, -0.15) is 5.10 Å². The summed E-state index contributed by atoms with van der Waals surface area (Å²) in [6, 6.07) is 1.53. The van der Waals surface area contributed by atoms with E-state index in [2.05, 4.69) is 10.1 Å². The lowest BCUT2D eigenvalue weighted by Crippen LogP contribution is -2.15. The van der Waals surface area contributed by atoms with Crippen molar-refractivity contribution in [1.29, 1.82) is 0 Å². The summed E-state index contributed by atoms with van der Waals surface area (Å²) in [5, 5.41) is 12.7. The number of aromatic carboxylic acids is 1. The molecule has 0 aliphatic heterocycles. The number of aryl methyl sites for hydroxylation is 1. The van der Waals surface area contributed by atoms with Gasteiger partial charge < -0.3 is 10.1 Å². The highest BCUT2D eigenvalue weighted by Crippen LogP contribution is 2.03. The standard InChI is InChI=1S/C8H7N3O3/c1-4-2-5-7(12)9-3-6(8(13)14)11(5)10-4/h2-3H,1H3,(H,9,12)(H,13,14). The average Bonchev–Trinajstić information content (AvgIpc) is 2.47. The number of nitrogens with zero attached hydrogens (tertiary/aromatic N) is 2. The zero-order valence-electron chi connectivity index (χ0n) is 7.31. The van der Waals surface area contributed by atoms with Crippen LogP contribution in [0.5, 0.6) is 0 Å². The summed E-state index contributed by atoms with van der Waals surface area (Å²) in [5.74, 6) is -1.13. The molecule has 0 spiro atoms. The third-order valence-corrected chi connectivity index (χ3v) is 1.85. The minimum Gasteiger partial charge on any atom is -0.476 e. The van der Waals surface area contributed by atoms with Crippen LogP contribution in [0.3, 0.4) is 0 Å². The van der Waals surface area contributed by atoms with Crippen LogP contribution in [0.2, 0.25) is 0 Å². The minimum absolute atomic E-state index is 0.0623. The Bertz CT molecular complexity index is 567. The van der Waals surface area contributed by atoms with Gasteiger partial charge in [0.25, 0.3) is 5.56 Å². The van der Waals surface area contributed by atoms with Crippen molar-refractivity contribution in [2.45, 2.75) is 6.92 Å². The van der Waals surface area contributed by atoms with Crippen molar-refractivity contribution in [2.75, 3.05) is 0 Å². The zero-order valence-corrected chi connectivity index (χ0v) is 7.31. The number of fused-ring (bicyclic) bond motifs is 1. The van der Waals surface area contributed by atoms with Gasteiger partial charge in [-0.25, -0.2) is 9.31 Å². The molecule has 0 radical (unpaired) electrons. The molecular formula is C8H7N3O3. The lowest BCUT2D eigenvalue weighted by atomic mass is 10.4. The Morgan fingerprint density at radius 2 is 2.36 bits per heavy atom. The number of aromatic amines is 1. The van der Waals surface area contributed by atoms with Gasteiger partial charge in [-0.3, -0.25) is 4.79 Å². The highest BCUT2D eigenvalue weighted by atomic mass is 16.4. The van der Waals surface area contributed by atoms with Gasteiger partial charge in [-0.1, -0.05) is 0 Å². The van der Waals surface area contributed by atoms with Crippen LogP contribution in [-0.4, -0.2) is 25.7 Å². The molecule has 0 aliphatic carbocycles. The van der Waals surface area contributed by atoms with Gasteiger partial charge in [0, 0.05) is 6.20 Å². The SMILES string of the molecule is Cc1cc2c(=O)[nH]cc(C(=O)O)n2n1. The number of nitrogens with one attached hydrogen (secondary N) is 1. The Morgan fingerprint density at radius 1 is 1.64 bits per heavy atom. The van der Waals surface area contributed by atoms with E-state index in [1.165, 1.54) is 6.07 Å². The van der Waals surface area contributed by atoms with Crippen LogP contribution in [0.25, 0.3) is 5.52 Å². The monoisotopic (exact) mass is 193 g/mol. The highest BCUT2D eigenvalue weighted by Gasteiger charge is 2.11. The van der Waals surface area contributed by atoms with Gasteiger partial charge in [-0.05, 0) is 13.0 Å². The molecule has 0 bridgehead atoms. The molecule has 6 nitrogen and oxygen atoms in total. The topological polar surface area (TPSA) is 87.5 Å². The van der Waals surface area contributed by atoms with E-state index in [4.69, 9.17) is 5.11 Å². The molecule has 2 rings (SSSR count). The number of aromatic nitrogens is 3. The third-order valence-electron chi connectivity index (χ3n) is 1.85. The molecule has 0 aliphatic rings. The summed E-state index contributed by atoms with van der Waals surface area (Å²) in [6.45, 7) is 1.69. The molecule has 0 saturated carbocycles. The van der Waals surface area contributed by atoms with Crippen LogP contribution in [0.4, 0.5) is 0 Å². The molecule has 6 heteroatoms. The molecule has 0 atom stereocenters. The van der Waals surface area contributed by atoms with E-state index in [-0.39, 0.29) is 16.8 Å².